The molecular formula is C22H22N4O2S. The first-order valence-corrected chi connectivity index (χ1v) is 10.1. The summed E-state index contributed by atoms with van der Waals surface area (Å²) in [4.78, 5) is 23.9. The van der Waals surface area contributed by atoms with Gasteiger partial charge in [0.25, 0.3) is 0 Å². The molecule has 3 rings (SSSR count). The van der Waals surface area contributed by atoms with Crippen LogP contribution in [0.2, 0.25) is 0 Å². The second kappa shape index (κ2) is 9.34. The quantitative estimate of drug-likeness (QED) is 0.341. The molecule has 29 heavy (non-hydrogen) atoms. The van der Waals surface area contributed by atoms with E-state index in [-0.39, 0.29) is 17.4 Å². The maximum atomic E-state index is 12.4. The van der Waals surface area contributed by atoms with Crippen molar-refractivity contribution in [3.8, 4) is 11.4 Å². The SMILES string of the molecule is C=CCn1c(SCC(=O)Nc2cccc(C(C)=O)c2)nnc1-c1cccc(C)c1. The van der Waals surface area contributed by atoms with Crippen molar-refractivity contribution in [1.82, 2.24) is 14.8 Å². The first-order valence-electron chi connectivity index (χ1n) is 9.12. The molecule has 0 spiro atoms. The Balaban J connectivity index is 1.72. The third kappa shape index (κ3) is 5.20. The van der Waals surface area contributed by atoms with Crippen LogP contribution in [-0.2, 0) is 11.3 Å². The topological polar surface area (TPSA) is 76.9 Å². The van der Waals surface area contributed by atoms with Gasteiger partial charge >= 0.3 is 0 Å². The average Bonchev–Trinajstić information content (AvgIpc) is 3.09. The number of benzene rings is 2. The minimum atomic E-state index is -0.180. The third-order valence-electron chi connectivity index (χ3n) is 4.19. The van der Waals surface area contributed by atoms with Crippen molar-refractivity contribution in [3.63, 3.8) is 0 Å². The van der Waals surface area contributed by atoms with Crippen molar-refractivity contribution in [3.05, 3.63) is 72.3 Å². The summed E-state index contributed by atoms with van der Waals surface area (Å²) in [7, 11) is 0. The zero-order valence-electron chi connectivity index (χ0n) is 16.4. The fourth-order valence-electron chi connectivity index (χ4n) is 2.83. The fraction of sp³-hybridized carbons (Fsp3) is 0.182. The molecule has 1 amide bonds. The molecule has 1 aromatic heterocycles. The van der Waals surface area contributed by atoms with Crippen LogP contribution < -0.4 is 5.32 Å². The van der Waals surface area contributed by atoms with Gasteiger partial charge in [0.05, 0.1) is 5.75 Å². The number of Topliss-reactive ketones (excluding diaryl/α,β-unsaturated/α-hetero) is 1. The molecule has 0 aliphatic carbocycles. The predicted molar refractivity (Wildman–Crippen MR) is 116 cm³/mol. The van der Waals surface area contributed by atoms with Gasteiger partial charge in [-0.1, -0.05) is 53.7 Å². The van der Waals surface area contributed by atoms with Crippen molar-refractivity contribution in [2.75, 3.05) is 11.1 Å². The first kappa shape index (κ1) is 20.5. The number of hydrogen-bond donors (Lipinski definition) is 1. The number of rotatable bonds is 8. The number of amides is 1. The molecule has 0 atom stereocenters. The van der Waals surface area contributed by atoms with Gasteiger partial charge in [-0.25, -0.2) is 0 Å². The Bertz CT molecular complexity index is 1060. The molecule has 0 radical (unpaired) electrons. The number of aryl methyl sites for hydroxylation is 1. The number of thioether (sulfide) groups is 1. The van der Waals surface area contributed by atoms with Crippen LogP contribution in [0.4, 0.5) is 5.69 Å². The molecule has 1 N–H and O–H groups in total. The van der Waals surface area contributed by atoms with Gasteiger partial charge in [0.15, 0.2) is 16.8 Å². The summed E-state index contributed by atoms with van der Waals surface area (Å²) in [6, 6.07) is 14.9. The van der Waals surface area contributed by atoms with Gasteiger partial charge in [-0.3, -0.25) is 14.2 Å². The van der Waals surface area contributed by atoms with Crippen molar-refractivity contribution >= 4 is 29.1 Å². The van der Waals surface area contributed by atoms with Crippen molar-refractivity contribution in [1.29, 1.82) is 0 Å². The number of carbonyl (C=O) groups is 2. The number of anilines is 1. The molecule has 1 heterocycles. The van der Waals surface area contributed by atoms with Crippen molar-refractivity contribution in [2.45, 2.75) is 25.5 Å². The smallest absolute Gasteiger partial charge is 0.234 e. The van der Waals surface area contributed by atoms with E-state index in [2.05, 4.69) is 22.1 Å². The molecule has 0 bridgehead atoms. The lowest BCUT2D eigenvalue weighted by Crippen LogP contribution is -2.15. The summed E-state index contributed by atoms with van der Waals surface area (Å²) in [5, 5.41) is 12.0. The lowest BCUT2D eigenvalue weighted by molar-refractivity contribution is -0.113. The Labute approximate surface area is 174 Å². The molecule has 7 heteroatoms. The molecule has 0 unspecified atom stereocenters. The minimum absolute atomic E-state index is 0.0447. The average molecular weight is 407 g/mol. The van der Waals surface area contributed by atoms with Gasteiger partial charge in [0.2, 0.25) is 5.91 Å². The highest BCUT2D eigenvalue weighted by atomic mass is 32.2. The van der Waals surface area contributed by atoms with Crippen LogP contribution in [0.5, 0.6) is 0 Å². The zero-order valence-corrected chi connectivity index (χ0v) is 17.2. The summed E-state index contributed by atoms with van der Waals surface area (Å²) in [6.07, 6.45) is 1.78. The van der Waals surface area contributed by atoms with Gasteiger partial charge in [0.1, 0.15) is 0 Å². The van der Waals surface area contributed by atoms with Crippen LogP contribution in [0.15, 0.2) is 66.3 Å². The van der Waals surface area contributed by atoms with E-state index in [0.29, 0.717) is 23.0 Å². The molecule has 0 aliphatic heterocycles. The van der Waals surface area contributed by atoms with E-state index < -0.39 is 0 Å². The molecule has 3 aromatic rings. The van der Waals surface area contributed by atoms with Crippen LogP contribution in [0.25, 0.3) is 11.4 Å². The molecule has 148 valence electrons. The standard InChI is InChI=1S/C22H22N4O2S/c1-4-11-26-21(18-9-5-7-15(2)12-18)24-25-22(26)29-14-20(28)23-19-10-6-8-17(13-19)16(3)27/h4-10,12-13H,1,11,14H2,2-3H3,(H,23,28). The molecule has 0 aliphatic rings. The minimum Gasteiger partial charge on any atom is -0.325 e. The van der Waals surface area contributed by atoms with Gasteiger partial charge in [-0.15, -0.1) is 16.8 Å². The van der Waals surface area contributed by atoms with E-state index in [4.69, 9.17) is 0 Å². The Morgan fingerprint density at radius 2 is 1.97 bits per heavy atom. The predicted octanol–water partition coefficient (Wildman–Crippen LogP) is 4.37. The van der Waals surface area contributed by atoms with Crippen molar-refractivity contribution < 1.29 is 9.59 Å². The highest BCUT2D eigenvalue weighted by Gasteiger charge is 2.15. The normalized spacial score (nSPS) is 10.6. The Kier molecular flexibility index (Phi) is 6.61. The van der Waals surface area contributed by atoms with Crippen LogP contribution in [0.1, 0.15) is 22.8 Å². The number of hydrogen-bond acceptors (Lipinski definition) is 5. The van der Waals surface area contributed by atoms with Gasteiger partial charge in [0, 0.05) is 23.4 Å². The Morgan fingerprint density at radius 1 is 1.17 bits per heavy atom. The van der Waals surface area contributed by atoms with Gasteiger partial charge < -0.3 is 5.32 Å². The lowest BCUT2D eigenvalue weighted by atomic mass is 10.1. The second-order valence-electron chi connectivity index (χ2n) is 6.55. The van der Waals surface area contributed by atoms with E-state index in [0.717, 1.165) is 17.0 Å². The van der Waals surface area contributed by atoms with Gasteiger partial charge in [-0.05, 0) is 32.0 Å². The van der Waals surface area contributed by atoms with E-state index >= 15 is 0 Å². The summed E-state index contributed by atoms with van der Waals surface area (Å²) < 4.78 is 1.94. The molecule has 0 fully saturated rings. The third-order valence-corrected chi connectivity index (χ3v) is 5.16. The fourth-order valence-corrected chi connectivity index (χ4v) is 3.58. The van der Waals surface area contributed by atoms with E-state index in [1.807, 2.05) is 35.8 Å². The van der Waals surface area contributed by atoms with Crippen LogP contribution in [0.3, 0.4) is 0 Å². The highest BCUT2D eigenvalue weighted by molar-refractivity contribution is 7.99. The number of nitrogens with one attached hydrogen (secondary N) is 1. The largest absolute Gasteiger partial charge is 0.325 e. The van der Waals surface area contributed by atoms with E-state index in [1.165, 1.54) is 18.7 Å². The number of carbonyl (C=O) groups excluding carboxylic acids is 2. The number of allylic oxidation sites excluding steroid dienone is 1. The van der Waals surface area contributed by atoms with Crippen LogP contribution in [-0.4, -0.2) is 32.2 Å². The first-order chi connectivity index (χ1) is 14.0. The Morgan fingerprint density at radius 3 is 2.69 bits per heavy atom. The summed E-state index contributed by atoms with van der Waals surface area (Å²) in [5.41, 5.74) is 3.26. The van der Waals surface area contributed by atoms with Crippen molar-refractivity contribution in [2.24, 2.45) is 0 Å². The summed E-state index contributed by atoms with van der Waals surface area (Å²) >= 11 is 1.31. The maximum Gasteiger partial charge on any atom is 0.234 e. The van der Waals surface area contributed by atoms with E-state index in [9.17, 15) is 9.59 Å². The molecular weight excluding hydrogens is 384 g/mol. The highest BCUT2D eigenvalue weighted by Crippen LogP contribution is 2.25. The molecule has 6 nitrogen and oxygen atoms in total. The van der Waals surface area contributed by atoms with Crippen LogP contribution >= 0.6 is 11.8 Å². The van der Waals surface area contributed by atoms with E-state index in [1.54, 1.807) is 30.3 Å². The monoisotopic (exact) mass is 406 g/mol. The summed E-state index contributed by atoms with van der Waals surface area (Å²) in [6.45, 7) is 7.87. The maximum absolute atomic E-state index is 12.4. The van der Waals surface area contributed by atoms with Crippen LogP contribution in [0, 0.1) is 6.92 Å². The summed E-state index contributed by atoms with van der Waals surface area (Å²) in [5.74, 6) is 0.691. The lowest BCUT2D eigenvalue weighted by Gasteiger charge is -2.09. The molecule has 2 aromatic carbocycles. The number of nitrogens with zero attached hydrogens (tertiary/aromatic N) is 3. The molecule has 0 saturated carbocycles. The Hall–Kier alpha value is -3.19. The van der Waals surface area contributed by atoms with Gasteiger partial charge in [-0.2, -0.15) is 0 Å². The zero-order chi connectivity index (χ0) is 20.8. The number of ketones is 1. The second-order valence-corrected chi connectivity index (χ2v) is 7.49. The number of aromatic nitrogens is 3. The molecule has 0 saturated heterocycles.